The molecule has 0 aliphatic carbocycles. The van der Waals surface area contributed by atoms with E-state index in [2.05, 4.69) is 4.74 Å². The van der Waals surface area contributed by atoms with Crippen molar-refractivity contribution in [3.63, 3.8) is 0 Å². The van der Waals surface area contributed by atoms with Gasteiger partial charge in [-0.1, -0.05) is 0 Å². The van der Waals surface area contributed by atoms with E-state index in [0.29, 0.717) is 0 Å². The number of thiophene rings is 1. The van der Waals surface area contributed by atoms with Crippen molar-refractivity contribution in [1.29, 1.82) is 5.26 Å². The van der Waals surface area contributed by atoms with Gasteiger partial charge in [-0.2, -0.15) is 5.26 Å². The Balaban J connectivity index is 3.12. The number of nitrogens with zero attached hydrogens (tertiary/aromatic N) is 1. The Kier molecular flexibility index (Phi) is 2.31. The molecule has 0 saturated carbocycles. The molecule has 0 atom stereocenters. The van der Waals surface area contributed by atoms with Crippen molar-refractivity contribution in [1.82, 2.24) is 0 Å². The van der Waals surface area contributed by atoms with Crippen molar-refractivity contribution in [2.45, 2.75) is 0 Å². The van der Waals surface area contributed by atoms with Gasteiger partial charge in [-0.25, -0.2) is 4.79 Å². The third-order valence-electron chi connectivity index (χ3n) is 1.26. The largest absolute Gasteiger partial charge is 0.505 e. The van der Waals surface area contributed by atoms with Crippen LogP contribution in [0, 0.1) is 11.3 Å². The number of carbonyl (C=O) groups excluding carboxylic acids is 1. The summed E-state index contributed by atoms with van der Waals surface area (Å²) in [5.74, 6) is -0.923. The van der Waals surface area contributed by atoms with Gasteiger partial charge in [0, 0.05) is 5.38 Å². The van der Waals surface area contributed by atoms with Crippen molar-refractivity contribution in [2.75, 3.05) is 7.11 Å². The van der Waals surface area contributed by atoms with E-state index in [1.165, 1.54) is 12.5 Å². The lowest BCUT2D eigenvalue weighted by Gasteiger charge is -1.94. The molecule has 1 rings (SSSR count). The van der Waals surface area contributed by atoms with Gasteiger partial charge in [0.1, 0.15) is 11.6 Å². The summed E-state index contributed by atoms with van der Waals surface area (Å²) >= 11 is 0.986. The highest BCUT2D eigenvalue weighted by Crippen LogP contribution is 2.28. The van der Waals surface area contributed by atoms with Crippen LogP contribution in [0.2, 0.25) is 0 Å². The molecule has 1 heterocycles. The number of ether oxygens (including phenoxy) is 1. The van der Waals surface area contributed by atoms with Crippen LogP contribution in [0.4, 0.5) is 0 Å². The first-order chi connectivity index (χ1) is 5.70. The van der Waals surface area contributed by atoms with Gasteiger partial charge in [0.2, 0.25) is 0 Å². The highest BCUT2D eigenvalue weighted by Gasteiger charge is 2.17. The second-order valence-corrected chi connectivity index (χ2v) is 2.81. The number of aromatic hydroxyl groups is 1. The maximum Gasteiger partial charge on any atom is 0.351 e. The smallest absolute Gasteiger partial charge is 0.351 e. The van der Waals surface area contributed by atoms with Crippen molar-refractivity contribution >= 4 is 17.3 Å². The second kappa shape index (κ2) is 3.24. The first-order valence-corrected chi connectivity index (χ1v) is 3.87. The molecule has 0 fully saturated rings. The number of rotatable bonds is 1. The van der Waals surface area contributed by atoms with Crippen LogP contribution in [0.25, 0.3) is 0 Å². The normalized spacial score (nSPS) is 9.00. The van der Waals surface area contributed by atoms with Crippen LogP contribution in [0.5, 0.6) is 5.75 Å². The van der Waals surface area contributed by atoms with Gasteiger partial charge < -0.3 is 9.84 Å². The Hall–Kier alpha value is -1.54. The molecule has 0 amide bonds. The number of carbonyl (C=O) groups is 1. The summed E-state index contributed by atoms with van der Waals surface area (Å²) < 4.78 is 4.38. The molecule has 4 nitrogen and oxygen atoms in total. The second-order valence-electron chi connectivity index (χ2n) is 1.93. The van der Waals surface area contributed by atoms with Crippen molar-refractivity contribution < 1.29 is 14.6 Å². The van der Waals surface area contributed by atoms with E-state index in [4.69, 9.17) is 5.26 Å². The number of hydrogen-bond acceptors (Lipinski definition) is 5. The summed E-state index contributed by atoms with van der Waals surface area (Å²) in [4.78, 5) is 10.9. The summed E-state index contributed by atoms with van der Waals surface area (Å²) in [7, 11) is 1.22. The molecule has 0 aromatic carbocycles. The third-order valence-corrected chi connectivity index (χ3v) is 2.21. The van der Waals surface area contributed by atoms with Crippen LogP contribution in [-0.4, -0.2) is 18.2 Å². The minimum Gasteiger partial charge on any atom is -0.505 e. The Morgan fingerprint density at radius 3 is 2.92 bits per heavy atom. The van der Waals surface area contributed by atoms with Crippen LogP contribution < -0.4 is 0 Å². The van der Waals surface area contributed by atoms with Crippen molar-refractivity contribution in [3.05, 3.63) is 15.8 Å². The molecular weight excluding hydrogens is 178 g/mol. The van der Waals surface area contributed by atoms with E-state index in [1.807, 2.05) is 0 Å². The van der Waals surface area contributed by atoms with Crippen molar-refractivity contribution in [2.24, 2.45) is 0 Å². The molecule has 0 aliphatic rings. The zero-order valence-electron chi connectivity index (χ0n) is 6.20. The lowest BCUT2D eigenvalue weighted by atomic mass is 10.3. The van der Waals surface area contributed by atoms with E-state index >= 15 is 0 Å². The van der Waals surface area contributed by atoms with Crippen molar-refractivity contribution in [3.8, 4) is 11.8 Å². The standard InChI is InChI=1S/C7H5NO3S/c1-11-7(10)6-5(9)4(2-8)3-12-6/h3,9H,1H3. The predicted octanol–water partition coefficient (Wildman–Crippen LogP) is 1.11. The van der Waals surface area contributed by atoms with Gasteiger partial charge in [0.15, 0.2) is 10.6 Å². The number of nitriles is 1. The van der Waals surface area contributed by atoms with E-state index in [1.54, 1.807) is 6.07 Å². The lowest BCUT2D eigenvalue weighted by molar-refractivity contribution is 0.0603. The minimum atomic E-state index is -0.626. The van der Waals surface area contributed by atoms with Crippen LogP contribution >= 0.6 is 11.3 Å². The molecule has 0 saturated heterocycles. The van der Waals surface area contributed by atoms with Gasteiger partial charge in [-0.3, -0.25) is 0 Å². The van der Waals surface area contributed by atoms with Gasteiger partial charge >= 0.3 is 5.97 Å². The fourth-order valence-corrected chi connectivity index (χ4v) is 1.47. The minimum absolute atomic E-state index is 0.0639. The first-order valence-electron chi connectivity index (χ1n) is 2.99. The summed E-state index contributed by atoms with van der Waals surface area (Å²) in [6.07, 6.45) is 0. The highest BCUT2D eigenvalue weighted by atomic mass is 32.1. The monoisotopic (exact) mass is 183 g/mol. The number of hydrogen-bond donors (Lipinski definition) is 1. The topological polar surface area (TPSA) is 70.3 Å². The molecule has 0 unspecified atom stereocenters. The molecule has 1 N–H and O–H groups in total. The molecule has 12 heavy (non-hydrogen) atoms. The molecule has 1 aromatic rings. The fraction of sp³-hybridized carbons (Fsp3) is 0.143. The fourth-order valence-electron chi connectivity index (χ4n) is 0.669. The average Bonchev–Trinajstić information content (AvgIpc) is 2.45. The molecular formula is C7H5NO3S. The summed E-state index contributed by atoms with van der Waals surface area (Å²) in [6.45, 7) is 0. The van der Waals surface area contributed by atoms with Gasteiger partial charge in [0.05, 0.1) is 7.11 Å². The molecule has 0 spiro atoms. The van der Waals surface area contributed by atoms with Crippen LogP contribution in [0.3, 0.4) is 0 Å². The summed E-state index contributed by atoms with van der Waals surface area (Å²) in [5, 5.41) is 19.1. The van der Waals surface area contributed by atoms with Crippen LogP contribution in [0.15, 0.2) is 5.38 Å². The Morgan fingerprint density at radius 2 is 2.50 bits per heavy atom. The average molecular weight is 183 g/mol. The lowest BCUT2D eigenvalue weighted by Crippen LogP contribution is -1.97. The summed E-state index contributed by atoms with van der Waals surface area (Å²) in [5.41, 5.74) is 0.0976. The molecule has 0 radical (unpaired) electrons. The highest BCUT2D eigenvalue weighted by molar-refractivity contribution is 7.12. The Morgan fingerprint density at radius 1 is 1.83 bits per heavy atom. The maximum absolute atomic E-state index is 10.9. The van der Waals surface area contributed by atoms with Gasteiger partial charge in [-0.15, -0.1) is 11.3 Å². The Bertz CT molecular complexity index is 350. The van der Waals surface area contributed by atoms with Crippen LogP contribution in [0.1, 0.15) is 15.2 Å². The third kappa shape index (κ3) is 1.24. The van der Waals surface area contributed by atoms with Crippen LogP contribution in [-0.2, 0) is 4.74 Å². The summed E-state index contributed by atoms with van der Waals surface area (Å²) in [6, 6.07) is 1.75. The maximum atomic E-state index is 10.9. The quantitative estimate of drug-likeness (QED) is 0.662. The zero-order valence-corrected chi connectivity index (χ0v) is 7.01. The molecule has 1 aromatic heterocycles. The van der Waals surface area contributed by atoms with E-state index in [0.717, 1.165) is 11.3 Å². The van der Waals surface area contributed by atoms with Gasteiger partial charge in [-0.05, 0) is 0 Å². The first kappa shape index (κ1) is 8.56. The molecule has 0 bridgehead atoms. The number of methoxy groups -OCH3 is 1. The van der Waals surface area contributed by atoms with E-state index < -0.39 is 5.97 Å². The van der Waals surface area contributed by atoms with E-state index in [9.17, 15) is 9.90 Å². The SMILES string of the molecule is COC(=O)c1scc(C#N)c1O. The van der Waals surface area contributed by atoms with Gasteiger partial charge in [0.25, 0.3) is 0 Å². The predicted molar refractivity (Wildman–Crippen MR) is 42.0 cm³/mol. The number of esters is 1. The Labute approximate surface area is 72.6 Å². The molecule has 5 heteroatoms. The van der Waals surface area contributed by atoms with E-state index in [-0.39, 0.29) is 16.2 Å². The zero-order chi connectivity index (χ0) is 9.14. The molecule has 0 aliphatic heterocycles. The molecule has 62 valence electrons.